The van der Waals surface area contributed by atoms with E-state index in [2.05, 4.69) is 0 Å². The molecule has 2 N–H and O–H groups in total. The number of carboxylic acids is 2. The lowest BCUT2D eigenvalue weighted by Gasteiger charge is -2.14. The maximum Gasteiger partial charge on any atom is 0.417 e. The number of carbonyl (C=O) groups is 2. The zero-order chi connectivity index (χ0) is 17.9. The second kappa shape index (κ2) is 6.96. The van der Waals surface area contributed by atoms with Gasteiger partial charge in [0.2, 0.25) is 0 Å². The van der Waals surface area contributed by atoms with Gasteiger partial charge >= 0.3 is 18.1 Å². The topological polar surface area (TPSA) is 74.6 Å². The zero-order valence-electron chi connectivity index (χ0n) is 12.0. The summed E-state index contributed by atoms with van der Waals surface area (Å²) in [5.41, 5.74) is -0.832. The third-order valence-corrected chi connectivity index (χ3v) is 4.12. The molecule has 0 amide bonds. The highest BCUT2D eigenvalue weighted by Gasteiger charge is 2.34. The summed E-state index contributed by atoms with van der Waals surface area (Å²) in [5.74, 6) is -2.34. The van der Waals surface area contributed by atoms with Crippen LogP contribution in [0.2, 0.25) is 0 Å². The lowest BCUT2D eigenvalue weighted by Crippen LogP contribution is -2.09. The van der Waals surface area contributed by atoms with Gasteiger partial charge in [-0.2, -0.15) is 13.2 Å². The lowest BCUT2D eigenvalue weighted by atomic mass is 10.1. The van der Waals surface area contributed by atoms with Crippen LogP contribution in [0.4, 0.5) is 13.2 Å². The molecule has 0 aromatic heterocycles. The van der Waals surface area contributed by atoms with Crippen molar-refractivity contribution >= 4 is 23.7 Å². The van der Waals surface area contributed by atoms with Crippen LogP contribution in [0.1, 0.15) is 21.5 Å². The van der Waals surface area contributed by atoms with Crippen molar-refractivity contribution in [2.75, 3.05) is 0 Å². The molecule has 0 unspecified atom stereocenters. The molecule has 8 heteroatoms. The van der Waals surface area contributed by atoms with Crippen LogP contribution in [0.25, 0.3) is 0 Å². The monoisotopic (exact) mass is 356 g/mol. The molecule has 0 aliphatic heterocycles. The number of hydrogen-bond donors (Lipinski definition) is 2. The van der Waals surface area contributed by atoms with Crippen molar-refractivity contribution in [3.63, 3.8) is 0 Å². The number of carboxylic acid groups (broad SMARTS) is 2. The first-order valence-corrected chi connectivity index (χ1v) is 7.41. The van der Waals surface area contributed by atoms with E-state index in [9.17, 15) is 22.8 Å². The van der Waals surface area contributed by atoms with Crippen LogP contribution in [0, 0.1) is 0 Å². The van der Waals surface area contributed by atoms with Crippen molar-refractivity contribution in [1.82, 2.24) is 0 Å². The first-order valence-electron chi connectivity index (χ1n) is 6.60. The molecule has 24 heavy (non-hydrogen) atoms. The molecule has 0 heterocycles. The average molecular weight is 356 g/mol. The summed E-state index contributed by atoms with van der Waals surface area (Å²) in [4.78, 5) is 21.8. The van der Waals surface area contributed by atoms with Gasteiger partial charge in [-0.05, 0) is 42.0 Å². The Labute approximate surface area is 138 Å². The molecule has 0 aliphatic carbocycles. The van der Waals surface area contributed by atoms with Gasteiger partial charge in [0.05, 0.1) is 17.5 Å². The number of alkyl halides is 3. The maximum atomic E-state index is 13.2. The molecule has 0 fully saturated rings. The van der Waals surface area contributed by atoms with Crippen LogP contribution in [0.3, 0.4) is 0 Å². The predicted molar refractivity (Wildman–Crippen MR) is 80.3 cm³/mol. The Morgan fingerprint density at radius 2 is 1.62 bits per heavy atom. The lowest BCUT2D eigenvalue weighted by molar-refractivity contribution is -0.140. The standard InChI is InChI=1S/C16H11F3O4S/c17-16(18,19)12-7-9(8-14(20)21)1-6-13(12)24-11-4-2-10(3-5-11)15(22)23/h1-7H,8H2,(H,20,21)(H,22,23). The Morgan fingerprint density at radius 1 is 1.00 bits per heavy atom. The van der Waals surface area contributed by atoms with Gasteiger partial charge in [-0.3, -0.25) is 4.79 Å². The summed E-state index contributed by atoms with van der Waals surface area (Å²) in [5, 5.41) is 17.5. The van der Waals surface area contributed by atoms with Gasteiger partial charge in [-0.15, -0.1) is 0 Å². The third-order valence-electron chi connectivity index (χ3n) is 3.03. The minimum Gasteiger partial charge on any atom is -0.481 e. The van der Waals surface area contributed by atoms with E-state index in [-0.39, 0.29) is 16.0 Å². The van der Waals surface area contributed by atoms with E-state index in [4.69, 9.17) is 10.2 Å². The molecule has 0 radical (unpaired) electrons. The highest BCUT2D eigenvalue weighted by atomic mass is 32.2. The van der Waals surface area contributed by atoms with Crippen LogP contribution >= 0.6 is 11.8 Å². The summed E-state index contributed by atoms with van der Waals surface area (Å²) < 4.78 is 39.6. The first-order chi connectivity index (χ1) is 11.2. The molecule has 0 saturated carbocycles. The van der Waals surface area contributed by atoms with Gasteiger partial charge in [-0.1, -0.05) is 17.8 Å². The van der Waals surface area contributed by atoms with Crippen molar-refractivity contribution < 1.29 is 33.0 Å². The minimum absolute atomic E-state index is 0.0344. The van der Waals surface area contributed by atoms with E-state index < -0.39 is 30.1 Å². The van der Waals surface area contributed by atoms with Crippen LogP contribution < -0.4 is 0 Å². The summed E-state index contributed by atoms with van der Waals surface area (Å²) in [6, 6.07) is 8.81. The predicted octanol–water partition coefficient (Wildman–Crippen LogP) is 4.18. The quantitative estimate of drug-likeness (QED) is 0.841. The number of halogens is 3. The van der Waals surface area contributed by atoms with Crippen molar-refractivity contribution in [3.05, 3.63) is 59.2 Å². The van der Waals surface area contributed by atoms with Crippen LogP contribution in [-0.4, -0.2) is 22.2 Å². The molecule has 2 aromatic rings. The van der Waals surface area contributed by atoms with Gasteiger partial charge in [0.25, 0.3) is 0 Å². The number of hydrogen-bond acceptors (Lipinski definition) is 3. The fourth-order valence-corrected chi connectivity index (χ4v) is 2.91. The smallest absolute Gasteiger partial charge is 0.417 e. The largest absolute Gasteiger partial charge is 0.481 e. The molecule has 0 bridgehead atoms. The normalized spacial score (nSPS) is 11.3. The second-order valence-electron chi connectivity index (χ2n) is 4.83. The molecule has 2 rings (SSSR count). The molecule has 2 aromatic carbocycles. The van der Waals surface area contributed by atoms with E-state index in [1.165, 1.54) is 36.4 Å². The summed E-state index contributed by atoms with van der Waals surface area (Å²) in [6.07, 6.45) is -5.13. The van der Waals surface area contributed by atoms with Crippen molar-refractivity contribution in [3.8, 4) is 0 Å². The number of aromatic carboxylic acids is 1. The van der Waals surface area contributed by atoms with Crippen molar-refractivity contribution in [2.24, 2.45) is 0 Å². The molecule has 126 valence electrons. The number of aliphatic carboxylic acids is 1. The molecule has 0 atom stereocenters. The summed E-state index contributed by atoms with van der Waals surface area (Å²) >= 11 is 0.829. The number of rotatable bonds is 5. The zero-order valence-corrected chi connectivity index (χ0v) is 12.8. The van der Waals surface area contributed by atoms with Crippen LogP contribution in [-0.2, 0) is 17.4 Å². The Balaban J connectivity index is 2.34. The Hall–Kier alpha value is -2.48. The van der Waals surface area contributed by atoms with Crippen LogP contribution in [0.15, 0.2) is 52.3 Å². The van der Waals surface area contributed by atoms with Gasteiger partial charge < -0.3 is 10.2 Å². The minimum atomic E-state index is -4.63. The molecular formula is C16H11F3O4S. The highest BCUT2D eigenvalue weighted by molar-refractivity contribution is 7.99. The Morgan fingerprint density at radius 3 is 2.12 bits per heavy atom. The van der Waals surface area contributed by atoms with E-state index in [1.807, 2.05) is 0 Å². The summed E-state index contributed by atoms with van der Waals surface area (Å²) in [7, 11) is 0. The molecule has 0 spiro atoms. The Kier molecular flexibility index (Phi) is 5.18. The fraction of sp³-hybridized carbons (Fsp3) is 0.125. The van der Waals surface area contributed by atoms with Gasteiger partial charge in [-0.25, -0.2) is 4.79 Å². The SMILES string of the molecule is O=C(O)Cc1ccc(Sc2ccc(C(=O)O)cc2)c(C(F)(F)F)c1. The molecule has 0 saturated heterocycles. The molecule has 0 aliphatic rings. The summed E-state index contributed by atoms with van der Waals surface area (Å²) in [6.45, 7) is 0. The molecule has 4 nitrogen and oxygen atoms in total. The van der Waals surface area contributed by atoms with Gasteiger partial charge in [0, 0.05) is 9.79 Å². The molecular weight excluding hydrogens is 345 g/mol. The second-order valence-corrected chi connectivity index (χ2v) is 5.95. The fourth-order valence-electron chi connectivity index (χ4n) is 1.96. The third kappa shape index (κ3) is 4.51. The van der Waals surface area contributed by atoms with Gasteiger partial charge in [0.15, 0.2) is 0 Å². The van der Waals surface area contributed by atoms with Crippen molar-refractivity contribution in [2.45, 2.75) is 22.4 Å². The van der Waals surface area contributed by atoms with E-state index in [1.54, 1.807) is 0 Å². The number of benzene rings is 2. The van der Waals surface area contributed by atoms with Crippen molar-refractivity contribution in [1.29, 1.82) is 0 Å². The van der Waals surface area contributed by atoms with E-state index in [0.717, 1.165) is 17.8 Å². The Bertz CT molecular complexity index is 770. The van der Waals surface area contributed by atoms with Gasteiger partial charge in [0.1, 0.15) is 0 Å². The maximum absolute atomic E-state index is 13.2. The average Bonchev–Trinajstić information content (AvgIpc) is 2.47. The van der Waals surface area contributed by atoms with E-state index in [0.29, 0.717) is 4.90 Å². The highest BCUT2D eigenvalue weighted by Crippen LogP contribution is 2.40. The van der Waals surface area contributed by atoms with E-state index >= 15 is 0 Å². The van der Waals surface area contributed by atoms with Crippen LogP contribution in [0.5, 0.6) is 0 Å². The first kappa shape index (κ1) is 17.9.